The molecule has 0 fully saturated rings. The summed E-state index contributed by atoms with van der Waals surface area (Å²) in [6.07, 6.45) is 0. The average Bonchev–Trinajstić information content (AvgIpc) is 3.13. The van der Waals surface area contributed by atoms with Crippen molar-refractivity contribution in [3.8, 4) is 16.3 Å². The molecule has 0 radical (unpaired) electrons. The fourth-order valence-corrected chi connectivity index (χ4v) is 3.86. The summed E-state index contributed by atoms with van der Waals surface area (Å²) in [6, 6.07) is 17.3. The first-order valence-corrected chi connectivity index (χ1v) is 9.99. The molecule has 0 unspecified atom stereocenters. The number of aromatic nitrogens is 1. The molecule has 0 atom stereocenters. The van der Waals surface area contributed by atoms with E-state index in [0.717, 1.165) is 21.9 Å². The summed E-state index contributed by atoms with van der Waals surface area (Å²) in [6.45, 7) is 3.79. The van der Waals surface area contributed by atoms with E-state index in [9.17, 15) is 9.59 Å². The number of methoxy groups -OCH3 is 1. The van der Waals surface area contributed by atoms with Crippen molar-refractivity contribution in [2.45, 2.75) is 20.4 Å². The van der Waals surface area contributed by atoms with Crippen LogP contribution >= 0.6 is 11.3 Å². The van der Waals surface area contributed by atoms with Gasteiger partial charge in [-0.1, -0.05) is 42.5 Å². The summed E-state index contributed by atoms with van der Waals surface area (Å²) < 4.78 is 5.28. The van der Waals surface area contributed by atoms with Crippen LogP contribution in [-0.4, -0.2) is 35.5 Å². The molecule has 1 aromatic heterocycles. The lowest BCUT2D eigenvalue weighted by Crippen LogP contribution is -2.40. The first kappa shape index (κ1) is 20.5. The van der Waals surface area contributed by atoms with Crippen molar-refractivity contribution in [1.82, 2.24) is 15.2 Å². The molecule has 0 bridgehead atoms. The van der Waals surface area contributed by atoms with Gasteiger partial charge in [-0.25, -0.2) is 4.98 Å². The lowest BCUT2D eigenvalue weighted by molar-refractivity contribution is -0.119. The minimum Gasteiger partial charge on any atom is -0.497 e. The van der Waals surface area contributed by atoms with Crippen LogP contribution in [0.15, 0.2) is 54.6 Å². The Morgan fingerprint density at radius 2 is 1.90 bits per heavy atom. The van der Waals surface area contributed by atoms with E-state index in [1.54, 1.807) is 12.0 Å². The molecule has 0 spiro atoms. The minimum atomic E-state index is -0.186. The second-order valence-electron chi connectivity index (χ2n) is 6.55. The van der Waals surface area contributed by atoms with Crippen LogP contribution in [0.4, 0.5) is 0 Å². The van der Waals surface area contributed by atoms with E-state index >= 15 is 0 Å². The second kappa shape index (κ2) is 9.34. The van der Waals surface area contributed by atoms with Crippen molar-refractivity contribution in [2.24, 2.45) is 0 Å². The summed E-state index contributed by atoms with van der Waals surface area (Å²) >= 11 is 1.34. The maximum atomic E-state index is 13.3. The quantitative estimate of drug-likeness (QED) is 0.602. The van der Waals surface area contributed by atoms with Crippen LogP contribution in [0.3, 0.4) is 0 Å². The van der Waals surface area contributed by atoms with Gasteiger partial charge in [-0.3, -0.25) is 9.59 Å². The third kappa shape index (κ3) is 5.20. The highest BCUT2D eigenvalue weighted by molar-refractivity contribution is 7.17. The summed E-state index contributed by atoms with van der Waals surface area (Å²) in [5.41, 5.74) is 2.55. The Hall–Kier alpha value is -3.19. The zero-order chi connectivity index (χ0) is 20.8. The lowest BCUT2D eigenvalue weighted by Gasteiger charge is -2.22. The molecular formula is C22H23N3O3S. The molecule has 3 aromatic rings. The Balaban J connectivity index is 1.88. The zero-order valence-electron chi connectivity index (χ0n) is 16.6. The summed E-state index contributed by atoms with van der Waals surface area (Å²) in [4.78, 5) is 31.4. The Kier molecular flexibility index (Phi) is 6.61. The van der Waals surface area contributed by atoms with Gasteiger partial charge in [0.25, 0.3) is 5.91 Å². The van der Waals surface area contributed by atoms with Crippen molar-refractivity contribution in [1.29, 1.82) is 0 Å². The van der Waals surface area contributed by atoms with E-state index in [1.165, 1.54) is 18.3 Å². The first-order valence-electron chi connectivity index (χ1n) is 9.17. The van der Waals surface area contributed by atoms with Crippen LogP contribution in [0.1, 0.15) is 27.9 Å². The number of amides is 2. The number of carbonyl (C=O) groups is 2. The molecule has 1 heterocycles. The van der Waals surface area contributed by atoms with E-state index in [2.05, 4.69) is 10.3 Å². The normalized spacial score (nSPS) is 10.4. The van der Waals surface area contributed by atoms with E-state index in [4.69, 9.17) is 4.74 Å². The Labute approximate surface area is 174 Å². The van der Waals surface area contributed by atoms with Crippen molar-refractivity contribution in [3.05, 3.63) is 70.7 Å². The molecular weight excluding hydrogens is 386 g/mol. The number of rotatable bonds is 7. The molecule has 3 rings (SSSR count). The molecule has 29 heavy (non-hydrogen) atoms. The zero-order valence-corrected chi connectivity index (χ0v) is 17.5. The predicted molar refractivity (Wildman–Crippen MR) is 114 cm³/mol. The monoisotopic (exact) mass is 409 g/mol. The van der Waals surface area contributed by atoms with Gasteiger partial charge in [0.15, 0.2) is 0 Å². The highest BCUT2D eigenvalue weighted by atomic mass is 32.1. The molecule has 2 amide bonds. The molecule has 6 nitrogen and oxygen atoms in total. The SMILES string of the molecule is COc1cccc(-c2nc(C)c(C(=O)N(CNC(C)=O)Cc3ccccc3)s2)c1. The molecule has 150 valence electrons. The number of benzene rings is 2. The van der Waals surface area contributed by atoms with Crippen LogP contribution < -0.4 is 10.1 Å². The highest BCUT2D eigenvalue weighted by Gasteiger charge is 2.22. The van der Waals surface area contributed by atoms with Gasteiger partial charge in [-0.15, -0.1) is 11.3 Å². The standard InChI is InChI=1S/C22H23N3O3S/c1-15-20(29-21(24-15)18-10-7-11-19(12-18)28-3)22(27)25(14-23-16(2)26)13-17-8-5-4-6-9-17/h4-12H,13-14H2,1-3H3,(H,23,26). The topological polar surface area (TPSA) is 71.5 Å². The van der Waals surface area contributed by atoms with E-state index < -0.39 is 0 Å². The summed E-state index contributed by atoms with van der Waals surface area (Å²) in [5, 5.41) is 3.48. The van der Waals surface area contributed by atoms with Crippen LogP contribution in [0, 0.1) is 6.92 Å². The molecule has 7 heteroatoms. The number of nitrogens with zero attached hydrogens (tertiary/aromatic N) is 2. The van der Waals surface area contributed by atoms with Gasteiger partial charge in [0.2, 0.25) is 5.91 Å². The third-order valence-corrected chi connectivity index (χ3v) is 5.52. The van der Waals surface area contributed by atoms with Gasteiger partial charge in [-0.05, 0) is 24.6 Å². The number of aryl methyl sites for hydroxylation is 1. The number of thiazole rings is 1. The van der Waals surface area contributed by atoms with Gasteiger partial charge in [0.1, 0.15) is 15.6 Å². The molecule has 1 N–H and O–H groups in total. The van der Waals surface area contributed by atoms with Crippen LogP contribution in [-0.2, 0) is 11.3 Å². The van der Waals surface area contributed by atoms with Crippen molar-refractivity contribution in [2.75, 3.05) is 13.8 Å². The van der Waals surface area contributed by atoms with Gasteiger partial charge in [-0.2, -0.15) is 0 Å². The van der Waals surface area contributed by atoms with Crippen molar-refractivity contribution in [3.63, 3.8) is 0 Å². The minimum absolute atomic E-state index is 0.134. The van der Waals surface area contributed by atoms with Crippen molar-refractivity contribution < 1.29 is 14.3 Å². The molecule has 0 saturated carbocycles. The summed E-state index contributed by atoms with van der Waals surface area (Å²) in [7, 11) is 1.62. The largest absolute Gasteiger partial charge is 0.497 e. The third-order valence-electron chi connectivity index (χ3n) is 4.33. The summed E-state index contributed by atoms with van der Waals surface area (Å²) in [5.74, 6) is 0.389. The van der Waals surface area contributed by atoms with Crippen LogP contribution in [0.25, 0.3) is 10.6 Å². The fourth-order valence-electron chi connectivity index (χ4n) is 2.83. The predicted octanol–water partition coefficient (Wildman–Crippen LogP) is 3.86. The number of hydrogen-bond donors (Lipinski definition) is 1. The highest BCUT2D eigenvalue weighted by Crippen LogP contribution is 2.31. The fraction of sp³-hybridized carbons (Fsp3) is 0.227. The van der Waals surface area contributed by atoms with Gasteiger partial charge >= 0.3 is 0 Å². The first-order chi connectivity index (χ1) is 14.0. The second-order valence-corrected chi connectivity index (χ2v) is 7.54. The Morgan fingerprint density at radius 1 is 1.14 bits per heavy atom. The molecule has 0 aliphatic carbocycles. The van der Waals surface area contributed by atoms with Gasteiger partial charge < -0.3 is 15.0 Å². The Morgan fingerprint density at radius 3 is 2.59 bits per heavy atom. The molecule has 0 saturated heterocycles. The number of ether oxygens (including phenoxy) is 1. The smallest absolute Gasteiger partial charge is 0.267 e. The maximum Gasteiger partial charge on any atom is 0.267 e. The number of carbonyl (C=O) groups excluding carboxylic acids is 2. The molecule has 2 aromatic carbocycles. The van der Waals surface area contributed by atoms with E-state index in [-0.39, 0.29) is 18.5 Å². The van der Waals surface area contributed by atoms with Crippen molar-refractivity contribution >= 4 is 23.2 Å². The maximum absolute atomic E-state index is 13.3. The van der Waals surface area contributed by atoms with E-state index in [0.29, 0.717) is 17.1 Å². The van der Waals surface area contributed by atoms with Gasteiger partial charge in [0.05, 0.1) is 19.5 Å². The lowest BCUT2D eigenvalue weighted by atomic mass is 10.2. The Bertz CT molecular complexity index is 1000. The van der Waals surface area contributed by atoms with Crippen LogP contribution in [0.5, 0.6) is 5.75 Å². The molecule has 0 aliphatic rings. The van der Waals surface area contributed by atoms with E-state index in [1.807, 2.05) is 61.5 Å². The van der Waals surface area contributed by atoms with Crippen LogP contribution in [0.2, 0.25) is 0 Å². The number of hydrogen-bond acceptors (Lipinski definition) is 5. The number of nitrogens with one attached hydrogen (secondary N) is 1. The average molecular weight is 410 g/mol. The molecule has 0 aliphatic heterocycles. The van der Waals surface area contributed by atoms with Gasteiger partial charge in [0, 0.05) is 19.0 Å².